The Hall–Kier alpha value is -0.0800. The molecule has 1 heterocycles. The summed E-state index contributed by atoms with van der Waals surface area (Å²) in [6.45, 7) is 6.46. The lowest BCUT2D eigenvalue weighted by Crippen LogP contribution is -2.26. The summed E-state index contributed by atoms with van der Waals surface area (Å²) in [5.74, 6) is 0. The van der Waals surface area contributed by atoms with E-state index in [-0.39, 0.29) is 0 Å². The summed E-state index contributed by atoms with van der Waals surface area (Å²) >= 11 is 0. The van der Waals surface area contributed by atoms with Crippen LogP contribution < -0.4 is 0 Å². The standard InChI is InChI=1S/C8H17NO/c1-3-4-6-9-8(2)5-7-10-9/h8H,3-7H2,1-2H3. The highest BCUT2D eigenvalue weighted by Crippen LogP contribution is 2.13. The summed E-state index contributed by atoms with van der Waals surface area (Å²) in [5.41, 5.74) is 0. The molecule has 1 rings (SSSR count). The Morgan fingerprint density at radius 1 is 1.60 bits per heavy atom. The van der Waals surface area contributed by atoms with E-state index in [0.717, 1.165) is 13.2 Å². The molecule has 1 saturated heterocycles. The first-order valence-corrected chi connectivity index (χ1v) is 4.24. The van der Waals surface area contributed by atoms with E-state index in [9.17, 15) is 0 Å². The van der Waals surface area contributed by atoms with E-state index < -0.39 is 0 Å². The number of unbranched alkanes of at least 4 members (excludes halogenated alkanes) is 1. The van der Waals surface area contributed by atoms with Gasteiger partial charge < -0.3 is 0 Å². The molecule has 0 spiro atoms. The Bertz CT molecular complexity index is 95.3. The van der Waals surface area contributed by atoms with Crippen molar-refractivity contribution in [3.05, 3.63) is 0 Å². The fourth-order valence-electron chi connectivity index (χ4n) is 1.21. The average Bonchev–Trinajstić information content (AvgIpc) is 2.31. The van der Waals surface area contributed by atoms with Crippen molar-refractivity contribution in [2.45, 2.75) is 39.2 Å². The van der Waals surface area contributed by atoms with Crippen LogP contribution in [0.1, 0.15) is 33.1 Å². The first-order chi connectivity index (χ1) is 4.84. The highest BCUT2D eigenvalue weighted by atomic mass is 16.7. The highest BCUT2D eigenvalue weighted by molar-refractivity contribution is 4.64. The fraction of sp³-hybridized carbons (Fsp3) is 1.00. The molecule has 0 aromatic rings. The number of rotatable bonds is 3. The number of hydrogen-bond donors (Lipinski definition) is 0. The van der Waals surface area contributed by atoms with Crippen LogP contribution in [0.3, 0.4) is 0 Å². The molecule has 1 unspecified atom stereocenters. The van der Waals surface area contributed by atoms with Gasteiger partial charge >= 0.3 is 0 Å². The minimum Gasteiger partial charge on any atom is -0.299 e. The second-order valence-electron chi connectivity index (χ2n) is 2.97. The van der Waals surface area contributed by atoms with Gasteiger partial charge in [-0.3, -0.25) is 4.84 Å². The molecule has 0 aromatic heterocycles. The minimum absolute atomic E-state index is 0.645. The minimum atomic E-state index is 0.645. The lowest BCUT2D eigenvalue weighted by Gasteiger charge is -2.17. The van der Waals surface area contributed by atoms with E-state index in [2.05, 4.69) is 18.9 Å². The Kier molecular flexibility index (Phi) is 3.16. The van der Waals surface area contributed by atoms with Gasteiger partial charge in [-0.05, 0) is 19.8 Å². The Labute approximate surface area is 63.1 Å². The van der Waals surface area contributed by atoms with Gasteiger partial charge in [0.15, 0.2) is 0 Å². The largest absolute Gasteiger partial charge is 0.299 e. The second-order valence-corrected chi connectivity index (χ2v) is 2.97. The topological polar surface area (TPSA) is 12.5 Å². The quantitative estimate of drug-likeness (QED) is 0.597. The normalized spacial score (nSPS) is 27.6. The molecule has 1 fully saturated rings. The van der Waals surface area contributed by atoms with Gasteiger partial charge in [-0.2, -0.15) is 5.06 Å². The molecule has 2 heteroatoms. The van der Waals surface area contributed by atoms with Gasteiger partial charge in [-0.15, -0.1) is 0 Å². The van der Waals surface area contributed by atoms with Crippen LogP contribution in [0.5, 0.6) is 0 Å². The Morgan fingerprint density at radius 3 is 2.90 bits per heavy atom. The highest BCUT2D eigenvalue weighted by Gasteiger charge is 2.19. The first-order valence-electron chi connectivity index (χ1n) is 4.24. The third-order valence-electron chi connectivity index (χ3n) is 2.02. The first kappa shape index (κ1) is 8.02. The van der Waals surface area contributed by atoms with E-state index in [0.29, 0.717) is 6.04 Å². The zero-order valence-electron chi connectivity index (χ0n) is 6.97. The summed E-state index contributed by atoms with van der Waals surface area (Å²) in [6.07, 6.45) is 3.71. The maximum Gasteiger partial charge on any atom is 0.0700 e. The molecule has 1 atom stereocenters. The number of nitrogens with zero attached hydrogens (tertiary/aromatic N) is 1. The van der Waals surface area contributed by atoms with Gasteiger partial charge in [0.25, 0.3) is 0 Å². The lowest BCUT2D eigenvalue weighted by molar-refractivity contribution is -0.129. The molecule has 0 amide bonds. The van der Waals surface area contributed by atoms with Gasteiger partial charge in [0.1, 0.15) is 0 Å². The van der Waals surface area contributed by atoms with E-state index in [1.54, 1.807) is 0 Å². The molecule has 0 saturated carbocycles. The average molecular weight is 143 g/mol. The van der Waals surface area contributed by atoms with Gasteiger partial charge in [0.05, 0.1) is 6.61 Å². The summed E-state index contributed by atoms with van der Waals surface area (Å²) in [5, 5.41) is 2.11. The van der Waals surface area contributed by atoms with Crippen molar-refractivity contribution in [1.82, 2.24) is 5.06 Å². The van der Waals surface area contributed by atoms with Crippen molar-refractivity contribution in [3.8, 4) is 0 Å². The number of hydrogen-bond acceptors (Lipinski definition) is 2. The van der Waals surface area contributed by atoms with Crippen LogP contribution in [-0.4, -0.2) is 24.3 Å². The van der Waals surface area contributed by atoms with Crippen LogP contribution in [0.15, 0.2) is 0 Å². The molecule has 1 aliphatic rings. The van der Waals surface area contributed by atoms with Gasteiger partial charge in [-0.25, -0.2) is 0 Å². The third-order valence-corrected chi connectivity index (χ3v) is 2.02. The molecule has 0 aromatic carbocycles. The smallest absolute Gasteiger partial charge is 0.0700 e. The van der Waals surface area contributed by atoms with Gasteiger partial charge in [0.2, 0.25) is 0 Å². The summed E-state index contributed by atoms with van der Waals surface area (Å²) in [4.78, 5) is 5.40. The Morgan fingerprint density at radius 2 is 2.40 bits per heavy atom. The van der Waals surface area contributed by atoms with Crippen molar-refractivity contribution in [2.24, 2.45) is 0 Å². The monoisotopic (exact) mass is 143 g/mol. The third kappa shape index (κ3) is 1.96. The maximum atomic E-state index is 5.40. The van der Waals surface area contributed by atoms with Crippen LogP contribution in [0, 0.1) is 0 Å². The molecule has 10 heavy (non-hydrogen) atoms. The van der Waals surface area contributed by atoms with Crippen molar-refractivity contribution < 1.29 is 4.84 Å². The van der Waals surface area contributed by atoms with Crippen molar-refractivity contribution in [1.29, 1.82) is 0 Å². The predicted molar refractivity (Wildman–Crippen MR) is 41.6 cm³/mol. The van der Waals surface area contributed by atoms with Crippen LogP contribution in [-0.2, 0) is 4.84 Å². The molecule has 0 aliphatic carbocycles. The maximum absolute atomic E-state index is 5.40. The van der Waals surface area contributed by atoms with Gasteiger partial charge in [0, 0.05) is 12.6 Å². The molecular weight excluding hydrogens is 126 g/mol. The molecule has 2 nitrogen and oxygen atoms in total. The van der Waals surface area contributed by atoms with Crippen LogP contribution >= 0.6 is 0 Å². The van der Waals surface area contributed by atoms with E-state index in [1.807, 2.05) is 0 Å². The summed E-state index contributed by atoms with van der Waals surface area (Å²) in [7, 11) is 0. The fourth-order valence-corrected chi connectivity index (χ4v) is 1.21. The molecule has 0 N–H and O–H groups in total. The number of hydroxylamine groups is 2. The van der Waals surface area contributed by atoms with Crippen molar-refractivity contribution in [2.75, 3.05) is 13.2 Å². The molecule has 60 valence electrons. The SMILES string of the molecule is CCCCN1OCCC1C. The summed E-state index contributed by atoms with van der Waals surface area (Å²) in [6, 6.07) is 0.645. The lowest BCUT2D eigenvalue weighted by atomic mass is 10.2. The second kappa shape index (κ2) is 3.94. The van der Waals surface area contributed by atoms with E-state index >= 15 is 0 Å². The van der Waals surface area contributed by atoms with Crippen molar-refractivity contribution in [3.63, 3.8) is 0 Å². The zero-order chi connectivity index (χ0) is 7.40. The van der Waals surface area contributed by atoms with E-state index in [1.165, 1.54) is 19.3 Å². The Balaban J connectivity index is 2.14. The summed E-state index contributed by atoms with van der Waals surface area (Å²) < 4.78 is 0. The molecule has 0 radical (unpaired) electrons. The molecular formula is C8H17NO. The van der Waals surface area contributed by atoms with Crippen LogP contribution in [0.25, 0.3) is 0 Å². The zero-order valence-corrected chi connectivity index (χ0v) is 6.97. The van der Waals surface area contributed by atoms with Gasteiger partial charge in [-0.1, -0.05) is 13.3 Å². The van der Waals surface area contributed by atoms with Crippen LogP contribution in [0.2, 0.25) is 0 Å². The predicted octanol–water partition coefficient (Wildman–Crippen LogP) is 1.81. The van der Waals surface area contributed by atoms with E-state index in [4.69, 9.17) is 4.84 Å². The van der Waals surface area contributed by atoms with Crippen LogP contribution in [0.4, 0.5) is 0 Å². The molecule has 1 aliphatic heterocycles. The molecule has 0 bridgehead atoms. The van der Waals surface area contributed by atoms with Crippen molar-refractivity contribution >= 4 is 0 Å².